The van der Waals surface area contributed by atoms with Gasteiger partial charge < -0.3 is 10.1 Å². The van der Waals surface area contributed by atoms with E-state index in [0.29, 0.717) is 15.6 Å². The van der Waals surface area contributed by atoms with Gasteiger partial charge in [-0.2, -0.15) is 0 Å². The van der Waals surface area contributed by atoms with Crippen LogP contribution in [0.1, 0.15) is 44.8 Å². The molecule has 1 aromatic heterocycles. The molecule has 0 radical (unpaired) electrons. The second-order valence-corrected chi connectivity index (χ2v) is 12.1. The number of amides is 1. The molecule has 0 bridgehead atoms. The quantitative estimate of drug-likeness (QED) is 0.394. The van der Waals surface area contributed by atoms with Crippen LogP contribution in [0.5, 0.6) is 0 Å². The highest BCUT2D eigenvalue weighted by Gasteiger charge is 2.30. The molecule has 7 nitrogen and oxygen atoms in total. The first-order valence-electron chi connectivity index (χ1n) is 11.5. The van der Waals surface area contributed by atoms with Crippen molar-refractivity contribution in [3.05, 3.63) is 74.6 Å². The zero-order chi connectivity index (χ0) is 26.0. The minimum absolute atomic E-state index is 0.0550. The molecule has 0 saturated heterocycles. The summed E-state index contributed by atoms with van der Waals surface area (Å²) in [6.45, 7) is 3.17. The number of ether oxygens (including phenoxy) is 1. The van der Waals surface area contributed by atoms with Gasteiger partial charge in [0.1, 0.15) is 11.5 Å². The Bertz CT molecular complexity index is 1410. The minimum atomic E-state index is -4.10. The summed E-state index contributed by atoms with van der Waals surface area (Å²) in [5, 5.41) is 3.55. The van der Waals surface area contributed by atoms with Crippen LogP contribution in [0.2, 0.25) is 5.02 Å². The fourth-order valence-corrected chi connectivity index (χ4v) is 7.04. The molecule has 1 amide bonds. The van der Waals surface area contributed by atoms with Crippen molar-refractivity contribution in [2.24, 2.45) is 0 Å². The largest absolute Gasteiger partial charge is 0.465 e. The standard InChI is InChI=1S/C26H27ClN2O5S2/c1-16-8-12-19(13-9-16)36(32,33)29(18-11-10-17(2)21(27)14-18)15-23(30)28-25-24(26(31)34-3)20-6-4-5-7-22(20)35-25/h8-14H,4-7,15H2,1-3H3,(H,28,30). The molecular formula is C26H27ClN2O5S2. The highest BCUT2D eigenvalue weighted by molar-refractivity contribution is 7.92. The molecule has 1 aliphatic rings. The third kappa shape index (κ3) is 5.28. The van der Waals surface area contributed by atoms with Crippen molar-refractivity contribution in [1.29, 1.82) is 0 Å². The van der Waals surface area contributed by atoms with E-state index in [1.54, 1.807) is 24.3 Å². The van der Waals surface area contributed by atoms with Crippen LogP contribution in [-0.2, 0) is 32.4 Å². The van der Waals surface area contributed by atoms with Gasteiger partial charge in [-0.3, -0.25) is 9.10 Å². The molecule has 10 heteroatoms. The lowest BCUT2D eigenvalue weighted by molar-refractivity contribution is -0.114. The van der Waals surface area contributed by atoms with E-state index in [0.717, 1.165) is 51.6 Å². The summed E-state index contributed by atoms with van der Waals surface area (Å²) in [5.41, 5.74) is 3.22. The van der Waals surface area contributed by atoms with Crippen LogP contribution in [0, 0.1) is 13.8 Å². The van der Waals surface area contributed by atoms with Crippen LogP contribution in [0.25, 0.3) is 0 Å². The average molecular weight is 547 g/mol. The summed E-state index contributed by atoms with van der Waals surface area (Å²) >= 11 is 7.64. The van der Waals surface area contributed by atoms with Gasteiger partial charge in [-0.25, -0.2) is 13.2 Å². The second-order valence-electron chi connectivity index (χ2n) is 8.71. The number of benzene rings is 2. The van der Waals surface area contributed by atoms with E-state index in [4.69, 9.17) is 16.3 Å². The first kappa shape index (κ1) is 26.2. The van der Waals surface area contributed by atoms with E-state index in [2.05, 4.69) is 5.32 Å². The van der Waals surface area contributed by atoms with E-state index in [9.17, 15) is 18.0 Å². The smallest absolute Gasteiger partial charge is 0.341 e. The van der Waals surface area contributed by atoms with E-state index in [1.807, 2.05) is 13.8 Å². The molecule has 2 aromatic carbocycles. The molecule has 0 saturated carbocycles. The number of aryl methyl sites for hydroxylation is 3. The molecule has 36 heavy (non-hydrogen) atoms. The Balaban J connectivity index is 1.70. The summed E-state index contributed by atoms with van der Waals surface area (Å²) in [5.74, 6) is -1.09. The molecule has 0 fully saturated rings. The van der Waals surface area contributed by atoms with Crippen LogP contribution in [0.4, 0.5) is 10.7 Å². The lowest BCUT2D eigenvalue weighted by atomic mass is 9.95. The molecule has 0 unspecified atom stereocenters. The zero-order valence-electron chi connectivity index (χ0n) is 20.3. The van der Waals surface area contributed by atoms with Crippen molar-refractivity contribution < 1.29 is 22.7 Å². The Morgan fingerprint density at radius 3 is 2.44 bits per heavy atom. The maximum Gasteiger partial charge on any atom is 0.341 e. The Hall–Kier alpha value is -2.88. The third-order valence-corrected chi connectivity index (χ3v) is 9.56. The molecule has 3 aromatic rings. The minimum Gasteiger partial charge on any atom is -0.465 e. The number of carbonyl (C=O) groups excluding carboxylic acids is 2. The maximum absolute atomic E-state index is 13.6. The van der Waals surface area contributed by atoms with Crippen molar-refractivity contribution in [3.8, 4) is 0 Å². The van der Waals surface area contributed by atoms with E-state index in [1.165, 1.54) is 36.6 Å². The Morgan fingerprint density at radius 2 is 1.78 bits per heavy atom. The van der Waals surface area contributed by atoms with Crippen LogP contribution in [0.3, 0.4) is 0 Å². The van der Waals surface area contributed by atoms with Gasteiger partial charge in [0.2, 0.25) is 5.91 Å². The fraction of sp³-hybridized carbons (Fsp3) is 0.308. The van der Waals surface area contributed by atoms with Gasteiger partial charge in [0, 0.05) is 9.90 Å². The molecule has 1 aliphatic carbocycles. The molecule has 0 atom stereocenters. The van der Waals surface area contributed by atoms with E-state index >= 15 is 0 Å². The maximum atomic E-state index is 13.6. The lowest BCUT2D eigenvalue weighted by Crippen LogP contribution is -2.38. The number of nitrogens with zero attached hydrogens (tertiary/aromatic N) is 1. The highest BCUT2D eigenvalue weighted by Crippen LogP contribution is 2.38. The Morgan fingerprint density at radius 1 is 1.08 bits per heavy atom. The zero-order valence-corrected chi connectivity index (χ0v) is 22.6. The number of carbonyl (C=O) groups is 2. The van der Waals surface area contributed by atoms with Crippen LogP contribution >= 0.6 is 22.9 Å². The summed E-state index contributed by atoms with van der Waals surface area (Å²) < 4.78 is 33.3. The van der Waals surface area contributed by atoms with Gasteiger partial charge in [0.05, 0.1) is 23.3 Å². The third-order valence-electron chi connectivity index (χ3n) is 6.15. The number of hydrogen-bond acceptors (Lipinski definition) is 6. The second kappa shape index (κ2) is 10.6. The number of nitrogens with one attached hydrogen (secondary N) is 1. The topological polar surface area (TPSA) is 92.8 Å². The van der Waals surface area contributed by atoms with Crippen molar-refractivity contribution in [2.75, 3.05) is 23.3 Å². The predicted molar refractivity (Wildman–Crippen MR) is 143 cm³/mol. The Labute approximate surface area is 220 Å². The van der Waals surface area contributed by atoms with Gasteiger partial charge in [-0.05, 0) is 74.9 Å². The number of sulfonamides is 1. The van der Waals surface area contributed by atoms with Crippen LogP contribution in [0.15, 0.2) is 47.4 Å². The lowest BCUT2D eigenvalue weighted by Gasteiger charge is -2.24. The van der Waals surface area contributed by atoms with Crippen molar-refractivity contribution in [1.82, 2.24) is 0 Å². The number of methoxy groups -OCH3 is 1. The summed E-state index contributed by atoms with van der Waals surface area (Å²) in [7, 11) is -2.79. The molecule has 0 aliphatic heterocycles. The predicted octanol–water partition coefficient (Wildman–Crippen LogP) is 5.52. The Kier molecular flexibility index (Phi) is 7.73. The number of rotatable bonds is 7. The van der Waals surface area contributed by atoms with Gasteiger partial charge in [-0.1, -0.05) is 35.4 Å². The van der Waals surface area contributed by atoms with Gasteiger partial charge >= 0.3 is 5.97 Å². The number of halogens is 1. The first-order chi connectivity index (χ1) is 17.1. The number of anilines is 2. The molecular weight excluding hydrogens is 520 g/mol. The summed E-state index contributed by atoms with van der Waals surface area (Å²) in [4.78, 5) is 26.9. The SMILES string of the molecule is COC(=O)c1c(NC(=O)CN(c2ccc(C)c(Cl)c2)S(=O)(=O)c2ccc(C)cc2)sc2c1CCCC2. The van der Waals surface area contributed by atoms with Crippen LogP contribution < -0.4 is 9.62 Å². The monoisotopic (exact) mass is 546 g/mol. The van der Waals surface area contributed by atoms with Gasteiger partial charge in [0.15, 0.2) is 0 Å². The van der Waals surface area contributed by atoms with E-state index in [-0.39, 0.29) is 10.6 Å². The summed E-state index contributed by atoms with van der Waals surface area (Å²) in [6.07, 6.45) is 3.54. The normalized spacial score (nSPS) is 13.1. The highest BCUT2D eigenvalue weighted by atomic mass is 35.5. The molecule has 4 rings (SSSR count). The first-order valence-corrected chi connectivity index (χ1v) is 14.1. The number of esters is 1. The van der Waals surface area contributed by atoms with Gasteiger partial charge in [-0.15, -0.1) is 11.3 Å². The van der Waals surface area contributed by atoms with Gasteiger partial charge in [0.25, 0.3) is 10.0 Å². The molecule has 1 heterocycles. The van der Waals surface area contributed by atoms with Crippen molar-refractivity contribution >= 4 is 55.5 Å². The van der Waals surface area contributed by atoms with E-state index < -0.39 is 28.4 Å². The molecule has 190 valence electrons. The van der Waals surface area contributed by atoms with Crippen molar-refractivity contribution in [2.45, 2.75) is 44.4 Å². The number of thiophene rings is 1. The van der Waals surface area contributed by atoms with Crippen molar-refractivity contribution in [3.63, 3.8) is 0 Å². The number of hydrogen-bond donors (Lipinski definition) is 1. The summed E-state index contributed by atoms with van der Waals surface area (Å²) in [6, 6.07) is 11.3. The van der Waals surface area contributed by atoms with Crippen LogP contribution in [-0.4, -0.2) is 33.9 Å². The average Bonchev–Trinajstić information content (AvgIpc) is 3.21. The number of fused-ring (bicyclic) bond motifs is 1. The molecule has 1 N–H and O–H groups in total. The fourth-order valence-electron chi connectivity index (χ4n) is 4.16. The molecule has 0 spiro atoms.